The predicted molar refractivity (Wildman–Crippen MR) is 95.9 cm³/mol. The van der Waals surface area contributed by atoms with Crippen LogP contribution in [0, 0.1) is 0 Å². The zero-order valence-corrected chi connectivity index (χ0v) is 14.9. The molecule has 6 heteroatoms. The number of carbonyl (C=O) groups excluding carboxylic acids is 1. The molecule has 0 atom stereocenters. The van der Waals surface area contributed by atoms with Gasteiger partial charge in [-0.2, -0.15) is 0 Å². The quantitative estimate of drug-likeness (QED) is 0.537. The molecular formula is C18H16Cl2O4. The molecule has 0 saturated heterocycles. The second-order valence-electron chi connectivity index (χ2n) is 4.75. The van der Waals surface area contributed by atoms with Gasteiger partial charge in [0.25, 0.3) is 0 Å². The molecule has 0 bridgehead atoms. The Bertz CT molecular complexity index is 739. The van der Waals surface area contributed by atoms with Crippen LogP contribution in [0.15, 0.2) is 36.4 Å². The fourth-order valence-corrected chi connectivity index (χ4v) is 2.67. The van der Waals surface area contributed by atoms with Gasteiger partial charge in [0, 0.05) is 21.2 Å². The molecule has 4 nitrogen and oxygen atoms in total. The number of benzene rings is 2. The van der Waals surface area contributed by atoms with Crippen LogP contribution in [-0.2, 0) is 0 Å². The van der Waals surface area contributed by atoms with E-state index in [1.54, 1.807) is 36.4 Å². The maximum Gasteiger partial charge on any atom is 0.203 e. The SMILES string of the molecule is COc1cc(C(=O)C=Cc2c(Cl)cccc2Cl)cc(OC)c1OC. The van der Waals surface area contributed by atoms with E-state index in [0.717, 1.165) is 0 Å². The first-order valence-electron chi connectivity index (χ1n) is 6.98. The third kappa shape index (κ3) is 3.83. The van der Waals surface area contributed by atoms with Crippen LogP contribution in [0.2, 0.25) is 10.0 Å². The highest BCUT2D eigenvalue weighted by molar-refractivity contribution is 6.37. The number of hydrogen-bond acceptors (Lipinski definition) is 4. The Balaban J connectivity index is 2.38. The molecule has 0 spiro atoms. The number of allylic oxidation sites excluding steroid dienone is 1. The minimum Gasteiger partial charge on any atom is -0.493 e. The summed E-state index contributed by atoms with van der Waals surface area (Å²) in [6, 6.07) is 8.32. The Labute approximate surface area is 150 Å². The second-order valence-corrected chi connectivity index (χ2v) is 5.56. The average Bonchev–Trinajstić information content (AvgIpc) is 2.59. The Morgan fingerprint density at radius 2 is 1.50 bits per heavy atom. The van der Waals surface area contributed by atoms with E-state index >= 15 is 0 Å². The second kappa shape index (κ2) is 8.08. The minimum atomic E-state index is -0.245. The lowest BCUT2D eigenvalue weighted by Crippen LogP contribution is -2.00. The smallest absolute Gasteiger partial charge is 0.203 e. The van der Waals surface area contributed by atoms with E-state index in [1.807, 2.05) is 0 Å². The monoisotopic (exact) mass is 366 g/mol. The van der Waals surface area contributed by atoms with E-state index in [2.05, 4.69) is 0 Å². The molecule has 0 amide bonds. The molecule has 0 unspecified atom stereocenters. The molecule has 126 valence electrons. The van der Waals surface area contributed by atoms with E-state index in [9.17, 15) is 4.79 Å². The van der Waals surface area contributed by atoms with Crippen LogP contribution in [0.3, 0.4) is 0 Å². The van der Waals surface area contributed by atoms with Gasteiger partial charge in [0.2, 0.25) is 5.75 Å². The van der Waals surface area contributed by atoms with Crippen LogP contribution in [0.1, 0.15) is 15.9 Å². The minimum absolute atomic E-state index is 0.245. The number of ether oxygens (including phenoxy) is 3. The van der Waals surface area contributed by atoms with Gasteiger partial charge < -0.3 is 14.2 Å². The number of carbonyl (C=O) groups is 1. The molecule has 24 heavy (non-hydrogen) atoms. The van der Waals surface area contributed by atoms with Gasteiger partial charge in [-0.15, -0.1) is 0 Å². The highest BCUT2D eigenvalue weighted by atomic mass is 35.5. The highest BCUT2D eigenvalue weighted by Crippen LogP contribution is 2.38. The molecule has 2 aromatic carbocycles. The molecule has 0 aliphatic rings. The summed E-state index contributed by atoms with van der Waals surface area (Å²) in [6.07, 6.45) is 2.98. The highest BCUT2D eigenvalue weighted by Gasteiger charge is 2.16. The van der Waals surface area contributed by atoms with Crippen LogP contribution in [0.25, 0.3) is 6.08 Å². The lowest BCUT2D eigenvalue weighted by Gasteiger charge is -2.13. The number of methoxy groups -OCH3 is 3. The standard InChI is InChI=1S/C18H16Cl2O4/c1-22-16-9-11(10-17(23-2)18(16)24-3)15(21)8-7-12-13(19)5-4-6-14(12)20/h4-10H,1-3H3. The average molecular weight is 367 g/mol. The summed E-state index contributed by atoms with van der Waals surface area (Å²) in [7, 11) is 4.48. The van der Waals surface area contributed by atoms with Crippen molar-refractivity contribution in [2.75, 3.05) is 21.3 Å². The van der Waals surface area contributed by atoms with Crippen LogP contribution < -0.4 is 14.2 Å². The number of ketones is 1. The summed E-state index contributed by atoms with van der Waals surface area (Å²) in [6.45, 7) is 0. The summed E-state index contributed by atoms with van der Waals surface area (Å²) in [4.78, 5) is 12.5. The van der Waals surface area contributed by atoms with E-state index < -0.39 is 0 Å². The zero-order valence-electron chi connectivity index (χ0n) is 13.4. The van der Waals surface area contributed by atoms with Crippen LogP contribution >= 0.6 is 23.2 Å². The van der Waals surface area contributed by atoms with Crippen molar-refractivity contribution in [3.8, 4) is 17.2 Å². The van der Waals surface area contributed by atoms with Gasteiger partial charge in [-0.1, -0.05) is 29.3 Å². The van der Waals surface area contributed by atoms with Gasteiger partial charge in [0.1, 0.15) is 0 Å². The number of rotatable bonds is 6. The van der Waals surface area contributed by atoms with Crippen molar-refractivity contribution >= 4 is 35.1 Å². The first kappa shape index (κ1) is 18.2. The topological polar surface area (TPSA) is 44.8 Å². The maximum absolute atomic E-state index is 12.5. The van der Waals surface area contributed by atoms with Gasteiger partial charge in [-0.05, 0) is 36.4 Å². The van der Waals surface area contributed by atoms with Gasteiger partial charge in [0.15, 0.2) is 17.3 Å². The first-order valence-corrected chi connectivity index (χ1v) is 7.73. The number of halogens is 2. The lowest BCUT2D eigenvalue weighted by molar-refractivity contribution is 0.104. The molecule has 0 aliphatic heterocycles. The van der Waals surface area contributed by atoms with Crippen LogP contribution in [0.5, 0.6) is 17.2 Å². The fraction of sp³-hybridized carbons (Fsp3) is 0.167. The molecule has 0 N–H and O–H groups in total. The molecule has 2 aromatic rings. The molecule has 0 aromatic heterocycles. The molecule has 0 saturated carbocycles. The van der Waals surface area contributed by atoms with Crippen molar-refractivity contribution in [3.63, 3.8) is 0 Å². The Hall–Kier alpha value is -2.17. The molecule has 0 fully saturated rings. The predicted octanol–water partition coefficient (Wildman–Crippen LogP) is 4.92. The van der Waals surface area contributed by atoms with Crippen molar-refractivity contribution in [1.29, 1.82) is 0 Å². The van der Waals surface area contributed by atoms with E-state index in [0.29, 0.717) is 38.4 Å². The first-order chi connectivity index (χ1) is 11.5. The molecule has 0 aliphatic carbocycles. The molecule has 0 radical (unpaired) electrons. The Morgan fingerprint density at radius 3 is 1.96 bits per heavy atom. The fourth-order valence-electron chi connectivity index (χ4n) is 2.15. The summed E-state index contributed by atoms with van der Waals surface area (Å²) in [5, 5.41) is 0.938. The maximum atomic E-state index is 12.5. The zero-order chi connectivity index (χ0) is 17.7. The summed E-state index contributed by atoms with van der Waals surface area (Å²) < 4.78 is 15.7. The molecule has 2 rings (SSSR count). The Kier molecular flexibility index (Phi) is 6.12. The normalized spacial score (nSPS) is 10.7. The lowest BCUT2D eigenvalue weighted by atomic mass is 10.1. The molecular weight excluding hydrogens is 351 g/mol. The van der Waals surface area contributed by atoms with E-state index in [4.69, 9.17) is 37.4 Å². The van der Waals surface area contributed by atoms with Crippen LogP contribution in [0.4, 0.5) is 0 Å². The third-order valence-electron chi connectivity index (χ3n) is 3.35. The van der Waals surface area contributed by atoms with E-state index in [1.165, 1.54) is 27.4 Å². The summed E-state index contributed by atoms with van der Waals surface area (Å²) in [5.74, 6) is 0.994. The van der Waals surface area contributed by atoms with Crippen molar-refractivity contribution in [2.24, 2.45) is 0 Å². The van der Waals surface area contributed by atoms with Gasteiger partial charge in [-0.25, -0.2) is 0 Å². The van der Waals surface area contributed by atoms with Crippen molar-refractivity contribution in [2.45, 2.75) is 0 Å². The molecule has 0 heterocycles. The Morgan fingerprint density at radius 1 is 0.958 bits per heavy atom. The van der Waals surface area contributed by atoms with Crippen molar-refractivity contribution in [3.05, 3.63) is 57.6 Å². The van der Waals surface area contributed by atoms with Gasteiger partial charge >= 0.3 is 0 Å². The van der Waals surface area contributed by atoms with Gasteiger partial charge in [0.05, 0.1) is 21.3 Å². The van der Waals surface area contributed by atoms with E-state index in [-0.39, 0.29) is 5.78 Å². The van der Waals surface area contributed by atoms with Crippen LogP contribution in [-0.4, -0.2) is 27.1 Å². The third-order valence-corrected chi connectivity index (χ3v) is 4.01. The van der Waals surface area contributed by atoms with Crippen molar-refractivity contribution in [1.82, 2.24) is 0 Å². The largest absolute Gasteiger partial charge is 0.493 e. The van der Waals surface area contributed by atoms with Crippen molar-refractivity contribution < 1.29 is 19.0 Å². The van der Waals surface area contributed by atoms with Gasteiger partial charge in [-0.3, -0.25) is 4.79 Å². The number of hydrogen-bond donors (Lipinski definition) is 0. The summed E-state index contributed by atoms with van der Waals surface area (Å²) >= 11 is 12.2. The summed E-state index contributed by atoms with van der Waals surface area (Å²) in [5.41, 5.74) is 0.977.